The molecule has 28 heavy (non-hydrogen) atoms. The molecular formula is C22H27FN2O2S. The predicted molar refractivity (Wildman–Crippen MR) is 111 cm³/mol. The zero-order chi connectivity index (χ0) is 20.3. The molecule has 0 aliphatic carbocycles. The maximum atomic E-state index is 15.3. The second-order valence-corrected chi connectivity index (χ2v) is 8.71. The Balaban J connectivity index is 1.92. The van der Waals surface area contributed by atoms with Crippen molar-refractivity contribution in [3.05, 3.63) is 59.9 Å². The van der Waals surface area contributed by atoms with Crippen molar-refractivity contribution < 1.29 is 13.4 Å². The molecule has 0 bridgehead atoms. The van der Waals surface area contributed by atoms with Gasteiger partial charge in [0.05, 0.1) is 17.0 Å². The average Bonchev–Trinajstić information content (AvgIpc) is 3.05. The molecule has 1 amide bonds. The van der Waals surface area contributed by atoms with E-state index >= 15 is 4.39 Å². The maximum Gasteiger partial charge on any atom is 0.225 e. The zero-order valence-corrected chi connectivity index (χ0v) is 17.3. The minimum absolute atomic E-state index is 0.0517. The molecule has 2 aromatic carbocycles. The molecular weight excluding hydrogens is 375 g/mol. The molecule has 3 atom stereocenters. The van der Waals surface area contributed by atoms with Crippen LogP contribution in [0, 0.1) is 11.7 Å². The van der Waals surface area contributed by atoms with Crippen LogP contribution in [0.4, 0.5) is 4.39 Å². The molecule has 1 heterocycles. The molecule has 2 aromatic rings. The van der Waals surface area contributed by atoms with Crippen LogP contribution in [0.1, 0.15) is 25.8 Å². The molecule has 1 aliphatic heterocycles. The largest absolute Gasteiger partial charge is 0.337 e. The van der Waals surface area contributed by atoms with Crippen molar-refractivity contribution in [3.8, 4) is 11.1 Å². The summed E-state index contributed by atoms with van der Waals surface area (Å²) in [7, 11) is -1.19. The zero-order valence-electron chi connectivity index (χ0n) is 16.5. The minimum Gasteiger partial charge on any atom is -0.337 e. The lowest BCUT2D eigenvalue weighted by Crippen LogP contribution is -2.47. The summed E-state index contributed by atoms with van der Waals surface area (Å²) in [6, 6.07) is 14.5. The molecule has 0 saturated carbocycles. The van der Waals surface area contributed by atoms with Gasteiger partial charge in [-0.2, -0.15) is 0 Å². The molecule has 0 radical (unpaired) electrons. The quantitative estimate of drug-likeness (QED) is 0.803. The number of nitrogens with zero attached hydrogens (tertiary/aromatic N) is 1. The van der Waals surface area contributed by atoms with E-state index in [4.69, 9.17) is 0 Å². The van der Waals surface area contributed by atoms with Crippen molar-refractivity contribution in [2.75, 3.05) is 12.8 Å². The number of likely N-dealkylation sites (tertiary alicyclic amines) is 1. The standard InChI is InChI=1S/C22H27FN2O2S/c1-15(2)22(26)25-13-12-19(24-28(3)27)20(25)14-17-10-7-11-18(21(17)23)16-8-5-4-6-9-16/h4-11,15,19-20,24H,12-14H2,1-3H3. The third kappa shape index (κ3) is 4.50. The Bertz CT molecular complexity index is 857. The third-order valence-corrected chi connectivity index (χ3v) is 5.87. The number of hydrogen-bond acceptors (Lipinski definition) is 2. The molecule has 3 unspecified atom stereocenters. The molecule has 1 saturated heterocycles. The number of carbonyl (C=O) groups excluding carboxylic acids is 1. The van der Waals surface area contributed by atoms with Crippen LogP contribution in [0.2, 0.25) is 0 Å². The fourth-order valence-electron chi connectivity index (χ4n) is 3.87. The van der Waals surface area contributed by atoms with E-state index in [9.17, 15) is 9.00 Å². The summed E-state index contributed by atoms with van der Waals surface area (Å²) < 4.78 is 30.1. The molecule has 0 aromatic heterocycles. The highest BCUT2D eigenvalue weighted by molar-refractivity contribution is 7.82. The first-order valence-electron chi connectivity index (χ1n) is 9.61. The SMILES string of the molecule is CC(C)C(=O)N1CCC(NS(C)=O)C1Cc1cccc(-c2ccccc2)c1F. The summed E-state index contributed by atoms with van der Waals surface area (Å²) in [5, 5.41) is 0. The van der Waals surface area contributed by atoms with Gasteiger partial charge in [-0.15, -0.1) is 0 Å². The van der Waals surface area contributed by atoms with Crippen LogP contribution in [0.3, 0.4) is 0 Å². The van der Waals surface area contributed by atoms with Gasteiger partial charge in [-0.1, -0.05) is 62.4 Å². The van der Waals surface area contributed by atoms with E-state index in [1.165, 1.54) is 0 Å². The molecule has 1 aliphatic rings. The van der Waals surface area contributed by atoms with Crippen molar-refractivity contribution in [1.29, 1.82) is 0 Å². The smallest absolute Gasteiger partial charge is 0.225 e. The topological polar surface area (TPSA) is 49.4 Å². The van der Waals surface area contributed by atoms with E-state index in [0.29, 0.717) is 30.5 Å². The summed E-state index contributed by atoms with van der Waals surface area (Å²) in [5.74, 6) is -0.335. The second kappa shape index (κ2) is 8.97. The van der Waals surface area contributed by atoms with E-state index in [-0.39, 0.29) is 29.7 Å². The van der Waals surface area contributed by atoms with Gasteiger partial charge in [0, 0.05) is 30.3 Å². The lowest BCUT2D eigenvalue weighted by Gasteiger charge is -2.30. The number of amides is 1. The van der Waals surface area contributed by atoms with Crippen LogP contribution in [0.15, 0.2) is 48.5 Å². The normalized spacial score (nSPS) is 20.5. The highest BCUT2D eigenvalue weighted by atomic mass is 32.2. The number of hydrogen-bond donors (Lipinski definition) is 1. The third-order valence-electron chi connectivity index (χ3n) is 5.23. The van der Waals surface area contributed by atoms with Crippen LogP contribution in [0.25, 0.3) is 11.1 Å². The Morgan fingerprint density at radius 2 is 1.93 bits per heavy atom. The van der Waals surface area contributed by atoms with Gasteiger partial charge in [-0.05, 0) is 24.0 Å². The summed E-state index contributed by atoms with van der Waals surface area (Å²) in [5.41, 5.74) is 1.96. The van der Waals surface area contributed by atoms with Gasteiger partial charge in [0.25, 0.3) is 0 Å². The Labute approximate surface area is 168 Å². The molecule has 1 N–H and O–H groups in total. The van der Waals surface area contributed by atoms with Crippen molar-refractivity contribution in [1.82, 2.24) is 9.62 Å². The van der Waals surface area contributed by atoms with Crippen molar-refractivity contribution in [3.63, 3.8) is 0 Å². The Morgan fingerprint density at radius 1 is 1.21 bits per heavy atom. The van der Waals surface area contributed by atoms with E-state index in [1.54, 1.807) is 18.4 Å². The van der Waals surface area contributed by atoms with E-state index < -0.39 is 11.0 Å². The second-order valence-electron chi connectivity index (χ2n) is 7.57. The van der Waals surface area contributed by atoms with Crippen molar-refractivity contribution in [2.24, 2.45) is 5.92 Å². The van der Waals surface area contributed by atoms with Gasteiger partial charge in [0.15, 0.2) is 0 Å². The van der Waals surface area contributed by atoms with Gasteiger partial charge in [-0.3, -0.25) is 4.79 Å². The van der Waals surface area contributed by atoms with E-state index in [2.05, 4.69) is 4.72 Å². The number of benzene rings is 2. The first-order valence-corrected chi connectivity index (χ1v) is 11.2. The summed E-state index contributed by atoms with van der Waals surface area (Å²) in [6.45, 7) is 4.33. The maximum absolute atomic E-state index is 15.3. The molecule has 0 spiro atoms. The fraction of sp³-hybridized carbons (Fsp3) is 0.409. The highest BCUT2D eigenvalue weighted by Crippen LogP contribution is 2.29. The lowest BCUT2D eigenvalue weighted by atomic mass is 9.95. The van der Waals surface area contributed by atoms with Crippen molar-refractivity contribution in [2.45, 2.75) is 38.8 Å². The Morgan fingerprint density at radius 3 is 2.57 bits per heavy atom. The van der Waals surface area contributed by atoms with E-state index in [1.807, 2.05) is 55.1 Å². The predicted octanol–water partition coefficient (Wildman–Crippen LogP) is 3.54. The molecule has 6 heteroatoms. The molecule has 1 fully saturated rings. The molecule has 4 nitrogen and oxygen atoms in total. The average molecular weight is 403 g/mol. The summed E-state index contributed by atoms with van der Waals surface area (Å²) >= 11 is 0. The van der Waals surface area contributed by atoms with Crippen LogP contribution >= 0.6 is 0 Å². The van der Waals surface area contributed by atoms with Crippen molar-refractivity contribution >= 4 is 16.9 Å². The van der Waals surface area contributed by atoms with Crippen LogP contribution < -0.4 is 4.72 Å². The fourth-order valence-corrected chi connectivity index (χ4v) is 4.57. The van der Waals surface area contributed by atoms with Gasteiger partial charge in [-0.25, -0.2) is 13.3 Å². The Hall–Kier alpha value is -2.05. The van der Waals surface area contributed by atoms with Gasteiger partial charge < -0.3 is 4.90 Å². The van der Waals surface area contributed by atoms with Crippen LogP contribution in [-0.2, 0) is 22.2 Å². The van der Waals surface area contributed by atoms with E-state index in [0.717, 1.165) is 5.56 Å². The number of halogens is 1. The lowest BCUT2D eigenvalue weighted by molar-refractivity contribution is -0.135. The first kappa shape index (κ1) is 20.7. The van der Waals surface area contributed by atoms with Crippen LogP contribution in [-0.4, -0.2) is 39.9 Å². The highest BCUT2D eigenvalue weighted by Gasteiger charge is 2.38. The summed E-state index contributed by atoms with van der Waals surface area (Å²) in [4.78, 5) is 14.5. The first-order chi connectivity index (χ1) is 13.4. The molecule has 150 valence electrons. The van der Waals surface area contributed by atoms with Gasteiger partial charge in [0.2, 0.25) is 5.91 Å². The van der Waals surface area contributed by atoms with Gasteiger partial charge >= 0.3 is 0 Å². The number of nitrogens with one attached hydrogen (secondary N) is 1. The number of carbonyl (C=O) groups is 1. The number of rotatable bonds is 6. The van der Waals surface area contributed by atoms with Crippen LogP contribution in [0.5, 0.6) is 0 Å². The minimum atomic E-state index is -1.19. The molecule has 3 rings (SSSR count). The Kier molecular flexibility index (Phi) is 6.62. The monoisotopic (exact) mass is 402 g/mol. The van der Waals surface area contributed by atoms with Gasteiger partial charge in [0.1, 0.15) is 5.82 Å². The summed E-state index contributed by atoms with van der Waals surface area (Å²) in [6.07, 6.45) is 2.68.